The second-order valence-corrected chi connectivity index (χ2v) is 6.10. The summed E-state index contributed by atoms with van der Waals surface area (Å²) in [4.78, 5) is 23.7. The van der Waals surface area contributed by atoms with Gasteiger partial charge in [0.1, 0.15) is 5.75 Å². The summed E-state index contributed by atoms with van der Waals surface area (Å²) in [5.41, 5.74) is 3.14. The molecule has 8 nitrogen and oxygen atoms in total. The normalized spacial score (nSPS) is 10.4. The first-order chi connectivity index (χ1) is 12.4. The topological polar surface area (TPSA) is 109 Å². The summed E-state index contributed by atoms with van der Waals surface area (Å²) in [6.07, 6.45) is 1.33. The first kappa shape index (κ1) is 19.5. The van der Waals surface area contributed by atoms with Gasteiger partial charge in [0.05, 0.1) is 24.0 Å². The first-order valence-electron chi connectivity index (χ1n) is 7.29. The molecule has 0 spiro atoms. The Bertz CT molecular complexity index is 854. The highest BCUT2D eigenvalue weighted by Crippen LogP contribution is 2.31. The molecule has 0 heterocycles. The number of benzene rings is 2. The van der Waals surface area contributed by atoms with Gasteiger partial charge in [0.15, 0.2) is 11.5 Å². The molecular weight excluding hydrogens is 453 g/mol. The van der Waals surface area contributed by atoms with Crippen LogP contribution in [0.1, 0.15) is 5.56 Å². The van der Waals surface area contributed by atoms with Gasteiger partial charge in [-0.3, -0.25) is 9.59 Å². The zero-order valence-electron chi connectivity index (χ0n) is 13.9. The van der Waals surface area contributed by atoms with Crippen molar-refractivity contribution in [3.05, 3.63) is 45.5 Å². The molecule has 2 aromatic rings. The number of hydrogen-bond acceptors (Lipinski definition) is 6. The lowest BCUT2D eigenvalue weighted by atomic mass is 10.2. The Morgan fingerprint density at radius 2 is 1.92 bits per heavy atom. The molecule has 0 radical (unpaired) electrons. The van der Waals surface area contributed by atoms with Crippen LogP contribution in [0.4, 0.5) is 5.69 Å². The van der Waals surface area contributed by atoms with Crippen LogP contribution >= 0.6 is 22.6 Å². The van der Waals surface area contributed by atoms with E-state index in [0.717, 1.165) is 0 Å². The summed E-state index contributed by atoms with van der Waals surface area (Å²) in [5, 5.41) is 16.0. The minimum absolute atomic E-state index is 0.0203. The number of phenolic OH excluding ortho intramolecular Hbond substituents is 1. The van der Waals surface area contributed by atoms with Crippen molar-refractivity contribution >= 4 is 46.3 Å². The number of halogens is 1. The third-order valence-corrected chi connectivity index (χ3v) is 4.01. The predicted molar refractivity (Wildman–Crippen MR) is 105 cm³/mol. The van der Waals surface area contributed by atoms with Gasteiger partial charge in [0.25, 0.3) is 0 Å². The highest BCUT2D eigenvalue weighted by molar-refractivity contribution is 14.1. The molecule has 0 aliphatic carbocycles. The molecule has 0 saturated carbocycles. The quantitative estimate of drug-likeness (QED) is 0.269. The van der Waals surface area contributed by atoms with Crippen LogP contribution in [-0.2, 0) is 9.59 Å². The number of nitrogens with one attached hydrogen (secondary N) is 2. The third kappa shape index (κ3) is 5.09. The molecule has 2 amide bonds. The third-order valence-electron chi connectivity index (χ3n) is 3.18. The van der Waals surface area contributed by atoms with E-state index < -0.39 is 11.8 Å². The monoisotopic (exact) mass is 469 g/mol. The van der Waals surface area contributed by atoms with Gasteiger partial charge in [0.2, 0.25) is 0 Å². The highest BCUT2D eigenvalue weighted by Gasteiger charge is 2.13. The number of amides is 2. The van der Waals surface area contributed by atoms with Crippen LogP contribution in [0.25, 0.3) is 0 Å². The van der Waals surface area contributed by atoms with Gasteiger partial charge in [-0.05, 0) is 52.4 Å². The minimum Gasteiger partial charge on any atom is -0.504 e. The number of hydrazone groups is 1. The van der Waals surface area contributed by atoms with Gasteiger partial charge < -0.3 is 19.9 Å². The minimum atomic E-state index is -0.926. The Morgan fingerprint density at radius 3 is 2.62 bits per heavy atom. The molecule has 0 aliphatic heterocycles. The van der Waals surface area contributed by atoms with Crippen molar-refractivity contribution in [1.82, 2.24) is 5.43 Å². The average Bonchev–Trinajstić information content (AvgIpc) is 2.64. The summed E-state index contributed by atoms with van der Waals surface area (Å²) in [5.74, 6) is -0.942. The van der Waals surface area contributed by atoms with E-state index in [0.29, 0.717) is 20.6 Å². The van der Waals surface area contributed by atoms with Crippen LogP contribution in [0.15, 0.2) is 41.5 Å². The SMILES string of the molecule is COc1cccc(NC(=O)C(=O)N/N=C\c2cc(I)c(O)c(OC)c2)c1. The number of aromatic hydroxyl groups is 1. The summed E-state index contributed by atoms with van der Waals surface area (Å²) in [7, 11) is 2.93. The van der Waals surface area contributed by atoms with Crippen LogP contribution in [0, 0.1) is 3.57 Å². The molecule has 0 fully saturated rings. The fourth-order valence-corrected chi connectivity index (χ4v) is 2.55. The molecule has 136 valence electrons. The van der Waals surface area contributed by atoms with Crippen LogP contribution in [0.5, 0.6) is 17.2 Å². The number of carbonyl (C=O) groups is 2. The van der Waals surface area contributed by atoms with Gasteiger partial charge >= 0.3 is 11.8 Å². The largest absolute Gasteiger partial charge is 0.504 e. The van der Waals surface area contributed by atoms with E-state index >= 15 is 0 Å². The van der Waals surface area contributed by atoms with Crippen molar-refractivity contribution in [3.8, 4) is 17.2 Å². The molecular formula is C17H16IN3O5. The molecule has 0 atom stereocenters. The smallest absolute Gasteiger partial charge is 0.329 e. The zero-order chi connectivity index (χ0) is 19.1. The van der Waals surface area contributed by atoms with Crippen molar-refractivity contribution in [2.24, 2.45) is 5.10 Å². The summed E-state index contributed by atoms with van der Waals surface area (Å²) < 4.78 is 10.6. The second kappa shape index (κ2) is 9.04. The van der Waals surface area contributed by atoms with Gasteiger partial charge in [-0.15, -0.1) is 0 Å². The molecule has 0 aromatic heterocycles. The summed E-state index contributed by atoms with van der Waals surface area (Å²) >= 11 is 1.94. The van der Waals surface area contributed by atoms with E-state index in [2.05, 4.69) is 15.8 Å². The molecule has 2 aromatic carbocycles. The van der Waals surface area contributed by atoms with Gasteiger partial charge in [0, 0.05) is 11.8 Å². The molecule has 2 rings (SSSR count). The maximum absolute atomic E-state index is 11.9. The first-order valence-corrected chi connectivity index (χ1v) is 8.37. The lowest BCUT2D eigenvalue weighted by Gasteiger charge is -2.07. The number of hydrogen-bond donors (Lipinski definition) is 3. The fourth-order valence-electron chi connectivity index (χ4n) is 1.93. The zero-order valence-corrected chi connectivity index (χ0v) is 16.1. The standard InChI is InChI=1S/C17H16IN3O5/c1-25-12-5-3-4-11(8-12)20-16(23)17(24)21-19-9-10-6-13(18)15(22)14(7-10)26-2/h3-9,22H,1-2H3,(H,20,23)(H,21,24)/b19-9-. The Balaban J connectivity index is 1.98. The number of carbonyl (C=O) groups excluding carboxylic acids is 2. The van der Waals surface area contributed by atoms with E-state index in [4.69, 9.17) is 9.47 Å². The van der Waals surface area contributed by atoms with E-state index in [1.54, 1.807) is 36.4 Å². The van der Waals surface area contributed by atoms with E-state index in [9.17, 15) is 14.7 Å². The van der Waals surface area contributed by atoms with Crippen LogP contribution < -0.4 is 20.2 Å². The average molecular weight is 469 g/mol. The Kier molecular flexibility index (Phi) is 6.78. The van der Waals surface area contributed by atoms with Crippen molar-refractivity contribution in [1.29, 1.82) is 0 Å². The maximum atomic E-state index is 11.9. The molecule has 0 unspecified atom stereocenters. The number of anilines is 1. The second-order valence-electron chi connectivity index (χ2n) is 4.94. The molecule has 9 heteroatoms. The Hall–Kier alpha value is -2.82. The summed E-state index contributed by atoms with van der Waals surface area (Å²) in [6, 6.07) is 9.80. The fraction of sp³-hybridized carbons (Fsp3) is 0.118. The number of rotatable bonds is 5. The number of ether oxygens (including phenoxy) is 2. The molecule has 3 N–H and O–H groups in total. The van der Waals surface area contributed by atoms with Crippen molar-refractivity contribution in [3.63, 3.8) is 0 Å². The van der Waals surface area contributed by atoms with E-state index in [1.165, 1.54) is 20.4 Å². The Morgan fingerprint density at radius 1 is 1.15 bits per heavy atom. The molecule has 26 heavy (non-hydrogen) atoms. The lowest BCUT2D eigenvalue weighted by molar-refractivity contribution is -0.136. The van der Waals surface area contributed by atoms with Crippen LogP contribution in [0.2, 0.25) is 0 Å². The molecule has 0 bridgehead atoms. The number of nitrogens with zero attached hydrogens (tertiary/aromatic N) is 1. The van der Waals surface area contributed by atoms with Crippen molar-refractivity contribution in [2.45, 2.75) is 0 Å². The number of methoxy groups -OCH3 is 2. The van der Waals surface area contributed by atoms with Crippen LogP contribution in [0.3, 0.4) is 0 Å². The lowest BCUT2D eigenvalue weighted by Crippen LogP contribution is -2.32. The maximum Gasteiger partial charge on any atom is 0.329 e. The highest BCUT2D eigenvalue weighted by atomic mass is 127. The Labute approximate surface area is 163 Å². The van der Waals surface area contributed by atoms with E-state index in [1.807, 2.05) is 22.6 Å². The van der Waals surface area contributed by atoms with Gasteiger partial charge in [-0.1, -0.05) is 6.07 Å². The number of phenols is 1. The van der Waals surface area contributed by atoms with Gasteiger partial charge in [-0.25, -0.2) is 5.43 Å². The predicted octanol–water partition coefficient (Wildman–Crippen LogP) is 2.10. The van der Waals surface area contributed by atoms with E-state index in [-0.39, 0.29) is 11.5 Å². The summed E-state index contributed by atoms with van der Waals surface area (Å²) in [6.45, 7) is 0. The van der Waals surface area contributed by atoms with Crippen molar-refractivity contribution < 1.29 is 24.2 Å². The van der Waals surface area contributed by atoms with Crippen molar-refractivity contribution in [2.75, 3.05) is 19.5 Å². The van der Waals surface area contributed by atoms with Gasteiger partial charge in [-0.2, -0.15) is 5.10 Å². The molecule has 0 saturated heterocycles. The van der Waals surface area contributed by atoms with Crippen LogP contribution in [-0.4, -0.2) is 37.4 Å². The molecule has 0 aliphatic rings.